The molecule has 1 heterocycles. The van der Waals surface area contributed by atoms with Crippen LogP contribution in [0.1, 0.15) is 17.4 Å². The summed E-state index contributed by atoms with van der Waals surface area (Å²) in [7, 11) is 0. The Hall–Kier alpha value is -0.690. The molecule has 0 saturated carbocycles. The summed E-state index contributed by atoms with van der Waals surface area (Å²) >= 11 is 6.40. The van der Waals surface area contributed by atoms with E-state index in [2.05, 4.69) is 37.3 Å². The molecule has 1 aromatic heterocycles. The van der Waals surface area contributed by atoms with Crippen LogP contribution < -0.4 is 11.3 Å². The van der Waals surface area contributed by atoms with Gasteiger partial charge in [0.05, 0.1) is 10.5 Å². The molecule has 1 atom stereocenters. The van der Waals surface area contributed by atoms with Crippen LogP contribution >= 0.6 is 31.9 Å². The van der Waals surface area contributed by atoms with Gasteiger partial charge in [0.1, 0.15) is 11.6 Å². The second-order valence-corrected chi connectivity index (χ2v) is 5.45. The van der Waals surface area contributed by atoms with Gasteiger partial charge < -0.3 is 4.42 Å². The first-order valence-corrected chi connectivity index (χ1v) is 6.84. The van der Waals surface area contributed by atoms with Crippen LogP contribution in [-0.2, 0) is 6.42 Å². The number of hydrogen-bond acceptors (Lipinski definition) is 3. The third kappa shape index (κ3) is 3.20. The maximum atomic E-state index is 13.1. The SMILES string of the molecule is NNC(Cc1ccc(F)c(Br)c1)c1ccc(Br)o1. The highest BCUT2D eigenvalue weighted by molar-refractivity contribution is 9.10. The lowest BCUT2D eigenvalue weighted by Crippen LogP contribution is -2.29. The van der Waals surface area contributed by atoms with Crippen molar-refractivity contribution in [3.63, 3.8) is 0 Å². The molecule has 2 aromatic rings. The predicted molar refractivity (Wildman–Crippen MR) is 74.3 cm³/mol. The van der Waals surface area contributed by atoms with Crippen LogP contribution in [0.5, 0.6) is 0 Å². The van der Waals surface area contributed by atoms with E-state index in [-0.39, 0.29) is 11.9 Å². The fourth-order valence-corrected chi connectivity index (χ4v) is 2.40. The van der Waals surface area contributed by atoms with Crippen molar-refractivity contribution >= 4 is 31.9 Å². The number of halogens is 3. The Morgan fingerprint density at radius 3 is 2.61 bits per heavy atom. The summed E-state index contributed by atoms with van der Waals surface area (Å²) in [4.78, 5) is 0. The second kappa shape index (κ2) is 5.97. The Kier molecular flexibility index (Phi) is 4.55. The zero-order valence-corrected chi connectivity index (χ0v) is 12.5. The minimum absolute atomic E-state index is 0.159. The molecule has 0 bridgehead atoms. The molecule has 3 nitrogen and oxygen atoms in total. The van der Waals surface area contributed by atoms with E-state index in [1.807, 2.05) is 6.07 Å². The van der Waals surface area contributed by atoms with Gasteiger partial charge in [0.25, 0.3) is 0 Å². The van der Waals surface area contributed by atoms with E-state index in [0.717, 1.165) is 11.3 Å². The number of hydrazine groups is 1. The Balaban J connectivity index is 2.17. The van der Waals surface area contributed by atoms with Gasteiger partial charge in [-0.25, -0.2) is 9.82 Å². The normalized spacial score (nSPS) is 12.7. The van der Waals surface area contributed by atoms with Crippen LogP contribution in [0.25, 0.3) is 0 Å². The van der Waals surface area contributed by atoms with Crippen LogP contribution in [0.3, 0.4) is 0 Å². The molecule has 18 heavy (non-hydrogen) atoms. The lowest BCUT2D eigenvalue weighted by atomic mass is 10.0. The van der Waals surface area contributed by atoms with E-state index in [1.165, 1.54) is 6.07 Å². The van der Waals surface area contributed by atoms with E-state index in [1.54, 1.807) is 18.2 Å². The number of furan rings is 1. The molecule has 96 valence electrons. The first-order valence-electron chi connectivity index (χ1n) is 5.25. The highest BCUT2D eigenvalue weighted by Gasteiger charge is 2.15. The topological polar surface area (TPSA) is 51.2 Å². The third-order valence-corrected chi connectivity index (χ3v) is 3.60. The van der Waals surface area contributed by atoms with Gasteiger partial charge in [-0.05, 0) is 68.1 Å². The van der Waals surface area contributed by atoms with Gasteiger partial charge >= 0.3 is 0 Å². The van der Waals surface area contributed by atoms with E-state index in [4.69, 9.17) is 10.3 Å². The molecular formula is C12H11Br2FN2O. The first kappa shape index (κ1) is 13.7. The van der Waals surface area contributed by atoms with E-state index in [9.17, 15) is 4.39 Å². The van der Waals surface area contributed by atoms with Crippen molar-refractivity contribution in [2.45, 2.75) is 12.5 Å². The summed E-state index contributed by atoms with van der Waals surface area (Å²) in [6.07, 6.45) is 0.606. The van der Waals surface area contributed by atoms with Crippen molar-refractivity contribution < 1.29 is 8.81 Å². The van der Waals surface area contributed by atoms with Crippen molar-refractivity contribution in [3.05, 3.63) is 56.6 Å². The molecule has 0 saturated heterocycles. The molecule has 0 spiro atoms. The zero-order chi connectivity index (χ0) is 13.1. The molecule has 6 heteroatoms. The molecule has 0 fully saturated rings. The summed E-state index contributed by atoms with van der Waals surface area (Å²) in [5, 5.41) is 0. The number of hydrogen-bond donors (Lipinski definition) is 2. The van der Waals surface area contributed by atoms with Crippen molar-refractivity contribution in [2.24, 2.45) is 5.84 Å². The molecule has 3 N–H and O–H groups in total. The second-order valence-electron chi connectivity index (χ2n) is 3.81. The molecule has 0 radical (unpaired) electrons. The van der Waals surface area contributed by atoms with Crippen LogP contribution in [0.2, 0.25) is 0 Å². The molecule has 1 aromatic carbocycles. The summed E-state index contributed by atoms with van der Waals surface area (Å²) < 4.78 is 19.7. The fourth-order valence-electron chi connectivity index (χ4n) is 1.66. The lowest BCUT2D eigenvalue weighted by Gasteiger charge is -2.13. The summed E-state index contributed by atoms with van der Waals surface area (Å²) in [5.74, 6) is 5.96. The Morgan fingerprint density at radius 1 is 1.28 bits per heavy atom. The molecule has 2 rings (SSSR count). The van der Waals surface area contributed by atoms with Crippen molar-refractivity contribution in [1.29, 1.82) is 0 Å². The van der Waals surface area contributed by atoms with Crippen LogP contribution in [0.4, 0.5) is 4.39 Å². The Labute approximate surface area is 121 Å². The van der Waals surface area contributed by atoms with Gasteiger partial charge in [-0.3, -0.25) is 5.84 Å². The third-order valence-electron chi connectivity index (χ3n) is 2.56. The number of nitrogens with two attached hydrogens (primary N) is 1. The molecule has 0 aliphatic heterocycles. The molecule has 0 amide bonds. The highest BCUT2D eigenvalue weighted by Crippen LogP contribution is 2.25. The average molecular weight is 378 g/mol. The maximum Gasteiger partial charge on any atom is 0.169 e. The van der Waals surface area contributed by atoms with Crippen LogP contribution in [-0.4, -0.2) is 0 Å². The standard InChI is InChI=1S/C12H11Br2FN2O/c13-8-5-7(1-2-9(8)15)6-10(17-16)11-3-4-12(14)18-11/h1-5,10,17H,6,16H2. The van der Waals surface area contributed by atoms with Crippen LogP contribution in [0.15, 0.2) is 43.9 Å². The van der Waals surface area contributed by atoms with Crippen molar-refractivity contribution in [1.82, 2.24) is 5.43 Å². The largest absolute Gasteiger partial charge is 0.453 e. The van der Waals surface area contributed by atoms with E-state index < -0.39 is 0 Å². The first-order chi connectivity index (χ1) is 8.60. The zero-order valence-electron chi connectivity index (χ0n) is 9.29. The van der Waals surface area contributed by atoms with Crippen molar-refractivity contribution in [3.8, 4) is 0 Å². The number of benzene rings is 1. The van der Waals surface area contributed by atoms with Gasteiger partial charge in [0.15, 0.2) is 4.67 Å². The summed E-state index contributed by atoms with van der Waals surface area (Å²) in [6, 6.07) is 8.37. The summed E-state index contributed by atoms with van der Waals surface area (Å²) in [6.45, 7) is 0. The van der Waals surface area contributed by atoms with Crippen molar-refractivity contribution in [2.75, 3.05) is 0 Å². The predicted octanol–water partition coefficient (Wildman–Crippen LogP) is 3.69. The fraction of sp³-hybridized carbons (Fsp3) is 0.167. The molecule has 0 aliphatic carbocycles. The summed E-state index contributed by atoms with van der Waals surface area (Å²) in [5.41, 5.74) is 3.65. The lowest BCUT2D eigenvalue weighted by molar-refractivity contribution is 0.404. The molecule has 1 unspecified atom stereocenters. The minimum Gasteiger partial charge on any atom is -0.453 e. The minimum atomic E-state index is -0.281. The van der Waals surface area contributed by atoms with Gasteiger partial charge in [0, 0.05) is 0 Å². The van der Waals surface area contributed by atoms with E-state index in [0.29, 0.717) is 15.6 Å². The monoisotopic (exact) mass is 376 g/mol. The maximum absolute atomic E-state index is 13.1. The van der Waals surface area contributed by atoms with E-state index >= 15 is 0 Å². The average Bonchev–Trinajstić information content (AvgIpc) is 2.77. The molecule has 0 aliphatic rings. The molecular weight excluding hydrogens is 367 g/mol. The van der Waals surface area contributed by atoms with Gasteiger partial charge in [-0.1, -0.05) is 6.07 Å². The quantitative estimate of drug-likeness (QED) is 0.631. The number of nitrogens with one attached hydrogen (secondary N) is 1. The van der Waals surface area contributed by atoms with Crippen LogP contribution in [0, 0.1) is 5.82 Å². The highest BCUT2D eigenvalue weighted by atomic mass is 79.9. The van der Waals surface area contributed by atoms with Gasteiger partial charge in [-0.15, -0.1) is 0 Å². The van der Waals surface area contributed by atoms with Gasteiger partial charge in [-0.2, -0.15) is 0 Å². The van der Waals surface area contributed by atoms with Gasteiger partial charge in [0.2, 0.25) is 0 Å². The number of rotatable bonds is 4. The smallest absolute Gasteiger partial charge is 0.169 e. The Morgan fingerprint density at radius 2 is 2.06 bits per heavy atom. The Bertz CT molecular complexity index is 545.